The molecule has 0 spiro atoms. The monoisotopic (exact) mass is 388 g/mol. The van der Waals surface area contributed by atoms with Crippen LogP contribution in [0.1, 0.15) is 46.6 Å². The number of nitrogens with zero attached hydrogens (tertiary/aromatic N) is 3. The van der Waals surface area contributed by atoms with Gasteiger partial charge in [0.15, 0.2) is 0 Å². The van der Waals surface area contributed by atoms with Crippen LogP contribution in [0.15, 0.2) is 24.3 Å². The van der Waals surface area contributed by atoms with Crippen LogP contribution in [-0.2, 0) is 11.3 Å². The predicted molar refractivity (Wildman–Crippen MR) is 105 cm³/mol. The molecule has 1 aliphatic heterocycles. The van der Waals surface area contributed by atoms with E-state index < -0.39 is 0 Å². The van der Waals surface area contributed by atoms with E-state index in [9.17, 15) is 9.59 Å². The van der Waals surface area contributed by atoms with Crippen molar-refractivity contribution in [1.82, 2.24) is 20.0 Å². The van der Waals surface area contributed by atoms with Crippen molar-refractivity contribution in [3.63, 3.8) is 0 Å². The molecule has 1 aliphatic rings. The van der Waals surface area contributed by atoms with Gasteiger partial charge >= 0.3 is 0 Å². The molecule has 1 saturated heterocycles. The predicted octanol–water partition coefficient (Wildman–Crippen LogP) is 2.94. The number of rotatable bonds is 6. The average molecular weight is 389 g/mol. The van der Waals surface area contributed by atoms with E-state index in [4.69, 9.17) is 11.6 Å². The number of hydrogen-bond acceptors (Lipinski definition) is 3. The molecule has 2 aromatic rings. The summed E-state index contributed by atoms with van der Waals surface area (Å²) in [5, 5.41) is 8.03. The van der Waals surface area contributed by atoms with Crippen LogP contribution < -0.4 is 5.32 Å². The van der Waals surface area contributed by atoms with Gasteiger partial charge in [0, 0.05) is 36.8 Å². The molecule has 3 rings (SSSR count). The molecule has 1 aromatic carbocycles. The Balaban J connectivity index is 1.62. The summed E-state index contributed by atoms with van der Waals surface area (Å²) in [6.45, 7) is 6.21. The standard InChI is InChI=1S/C20H25ClN4O2/c1-14-19(20(27)22-10-9-18(26)24-11-5-6-12-24)15(2)25(23-14)13-16-7-3-4-8-17(16)21/h3-4,7-8H,5-6,9-13H2,1-2H3,(H,22,27). The van der Waals surface area contributed by atoms with Gasteiger partial charge in [-0.1, -0.05) is 29.8 Å². The van der Waals surface area contributed by atoms with Crippen LogP contribution in [0.25, 0.3) is 0 Å². The zero-order valence-corrected chi connectivity index (χ0v) is 16.6. The third kappa shape index (κ3) is 4.50. The minimum absolute atomic E-state index is 0.107. The normalized spacial score (nSPS) is 13.8. The van der Waals surface area contributed by atoms with Crippen molar-refractivity contribution < 1.29 is 9.59 Å². The Morgan fingerprint density at radius 2 is 1.89 bits per heavy atom. The summed E-state index contributed by atoms with van der Waals surface area (Å²) in [6.07, 6.45) is 2.47. The summed E-state index contributed by atoms with van der Waals surface area (Å²) in [5.41, 5.74) is 2.97. The number of halogens is 1. The molecular formula is C20H25ClN4O2. The Hall–Kier alpha value is -2.34. The second-order valence-electron chi connectivity index (χ2n) is 6.89. The molecule has 1 fully saturated rings. The Morgan fingerprint density at radius 1 is 1.19 bits per heavy atom. The number of hydrogen-bond donors (Lipinski definition) is 1. The highest BCUT2D eigenvalue weighted by Gasteiger charge is 2.21. The van der Waals surface area contributed by atoms with Crippen molar-refractivity contribution >= 4 is 23.4 Å². The van der Waals surface area contributed by atoms with E-state index >= 15 is 0 Å². The van der Waals surface area contributed by atoms with Gasteiger partial charge in [-0.05, 0) is 38.3 Å². The van der Waals surface area contributed by atoms with Gasteiger partial charge < -0.3 is 10.2 Å². The number of carbonyl (C=O) groups is 2. The molecule has 7 heteroatoms. The SMILES string of the molecule is Cc1nn(Cc2ccccc2Cl)c(C)c1C(=O)NCCC(=O)N1CCCC1. The molecule has 2 amide bonds. The second-order valence-corrected chi connectivity index (χ2v) is 7.30. The summed E-state index contributed by atoms with van der Waals surface area (Å²) in [4.78, 5) is 26.6. The smallest absolute Gasteiger partial charge is 0.255 e. The highest BCUT2D eigenvalue weighted by Crippen LogP contribution is 2.19. The summed E-state index contributed by atoms with van der Waals surface area (Å²) >= 11 is 6.23. The first kappa shape index (κ1) is 19.4. The molecule has 0 aliphatic carbocycles. The number of carbonyl (C=O) groups excluding carboxylic acids is 2. The molecule has 27 heavy (non-hydrogen) atoms. The van der Waals surface area contributed by atoms with Gasteiger partial charge in [-0.25, -0.2) is 0 Å². The van der Waals surface area contributed by atoms with E-state index in [1.54, 1.807) is 4.68 Å². The molecule has 144 valence electrons. The fraction of sp³-hybridized carbons (Fsp3) is 0.450. The highest BCUT2D eigenvalue weighted by molar-refractivity contribution is 6.31. The lowest BCUT2D eigenvalue weighted by atomic mass is 10.1. The van der Waals surface area contributed by atoms with Gasteiger partial charge in [-0.2, -0.15) is 5.10 Å². The molecule has 1 N–H and O–H groups in total. The first-order valence-electron chi connectivity index (χ1n) is 9.30. The number of aromatic nitrogens is 2. The van der Waals surface area contributed by atoms with E-state index in [1.165, 1.54) is 0 Å². The third-order valence-electron chi connectivity index (χ3n) is 4.97. The van der Waals surface area contributed by atoms with Crippen LogP contribution in [0, 0.1) is 13.8 Å². The van der Waals surface area contributed by atoms with Gasteiger partial charge in [0.05, 0.1) is 17.8 Å². The second kappa shape index (κ2) is 8.57. The summed E-state index contributed by atoms with van der Waals surface area (Å²) in [6, 6.07) is 7.60. The fourth-order valence-electron chi connectivity index (χ4n) is 3.46. The first-order chi connectivity index (χ1) is 13.0. The molecular weight excluding hydrogens is 364 g/mol. The number of benzene rings is 1. The van der Waals surface area contributed by atoms with Crippen molar-refractivity contribution in [3.05, 3.63) is 51.8 Å². The van der Waals surface area contributed by atoms with Crippen LogP contribution in [0.4, 0.5) is 0 Å². The number of nitrogens with one attached hydrogen (secondary N) is 1. The zero-order chi connectivity index (χ0) is 19.4. The molecule has 0 saturated carbocycles. The molecule has 2 heterocycles. The average Bonchev–Trinajstić information content (AvgIpc) is 3.26. The van der Waals surface area contributed by atoms with Gasteiger partial charge in [-0.15, -0.1) is 0 Å². The maximum Gasteiger partial charge on any atom is 0.255 e. The van der Waals surface area contributed by atoms with E-state index in [0.29, 0.717) is 35.8 Å². The summed E-state index contributed by atoms with van der Waals surface area (Å²) < 4.78 is 1.79. The first-order valence-corrected chi connectivity index (χ1v) is 9.68. The van der Waals surface area contributed by atoms with Crippen LogP contribution in [-0.4, -0.2) is 46.1 Å². The third-order valence-corrected chi connectivity index (χ3v) is 5.34. The minimum Gasteiger partial charge on any atom is -0.351 e. The van der Waals surface area contributed by atoms with E-state index in [-0.39, 0.29) is 11.8 Å². The Bertz CT molecular complexity index is 841. The molecule has 0 atom stereocenters. The van der Waals surface area contributed by atoms with Crippen LogP contribution in [0.2, 0.25) is 5.02 Å². The van der Waals surface area contributed by atoms with E-state index in [1.807, 2.05) is 43.0 Å². The van der Waals surface area contributed by atoms with Gasteiger partial charge in [-0.3, -0.25) is 14.3 Å². The number of amides is 2. The lowest BCUT2D eigenvalue weighted by Crippen LogP contribution is -2.33. The molecule has 0 unspecified atom stereocenters. The van der Waals surface area contributed by atoms with Crippen molar-refractivity contribution in [2.75, 3.05) is 19.6 Å². The lowest BCUT2D eigenvalue weighted by Gasteiger charge is -2.15. The van der Waals surface area contributed by atoms with E-state index in [0.717, 1.165) is 37.2 Å². The summed E-state index contributed by atoms with van der Waals surface area (Å²) in [7, 11) is 0. The zero-order valence-electron chi connectivity index (χ0n) is 15.8. The van der Waals surface area contributed by atoms with Gasteiger partial charge in [0.25, 0.3) is 5.91 Å². The molecule has 0 bridgehead atoms. The highest BCUT2D eigenvalue weighted by atomic mass is 35.5. The maximum absolute atomic E-state index is 12.6. The van der Waals surface area contributed by atoms with E-state index in [2.05, 4.69) is 10.4 Å². The minimum atomic E-state index is -0.190. The molecule has 0 radical (unpaired) electrons. The van der Waals surface area contributed by atoms with Crippen LogP contribution in [0.5, 0.6) is 0 Å². The van der Waals surface area contributed by atoms with Crippen molar-refractivity contribution in [1.29, 1.82) is 0 Å². The van der Waals surface area contributed by atoms with Crippen molar-refractivity contribution in [2.45, 2.75) is 39.7 Å². The van der Waals surface area contributed by atoms with Crippen LogP contribution >= 0.6 is 11.6 Å². The van der Waals surface area contributed by atoms with Crippen molar-refractivity contribution in [2.24, 2.45) is 0 Å². The van der Waals surface area contributed by atoms with Gasteiger partial charge in [0.1, 0.15) is 0 Å². The fourth-order valence-corrected chi connectivity index (χ4v) is 3.66. The molecule has 6 nitrogen and oxygen atoms in total. The topological polar surface area (TPSA) is 67.2 Å². The Kier molecular flexibility index (Phi) is 6.16. The maximum atomic E-state index is 12.6. The number of likely N-dealkylation sites (tertiary alicyclic amines) is 1. The van der Waals surface area contributed by atoms with Gasteiger partial charge in [0.2, 0.25) is 5.91 Å². The Morgan fingerprint density at radius 3 is 2.59 bits per heavy atom. The largest absolute Gasteiger partial charge is 0.351 e. The Labute approximate surface area is 164 Å². The quantitative estimate of drug-likeness (QED) is 0.827. The lowest BCUT2D eigenvalue weighted by molar-refractivity contribution is -0.129. The van der Waals surface area contributed by atoms with Crippen molar-refractivity contribution in [3.8, 4) is 0 Å². The number of aryl methyl sites for hydroxylation is 1. The summed E-state index contributed by atoms with van der Waals surface area (Å²) in [5.74, 6) is -0.0831. The van der Waals surface area contributed by atoms with Crippen LogP contribution in [0.3, 0.4) is 0 Å². The molecule has 1 aromatic heterocycles.